The van der Waals surface area contributed by atoms with Crippen LogP contribution in [0.2, 0.25) is 0 Å². The molecule has 0 spiro atoms. The Balaban J connectivity index is 1.14. The summed E-state index contributed by atoms with van der Waals surface area (Å²) < 4.78 is 13.0. The van der Waals surface area contributed by atoms with E-state index in [1.165, 1.54) is 5.39 Å². The maximum Gasteiger partial charge on any atom is 0.143 e. The van der Waals surface area contributed by atoms with Gasteiger partial charge in [0.15, 0.2) is 0 Å². The van der Waals surface area contributed by atoms with Crippen LogP contribution in [-0.2, 0) is 0 Å². The average Bonchev–Trinajstić information content (AvgIpc) is 3.71. The lowest BCUT2D eigenvalue weighted by molar-refractivity contribution is 0.672. The number of fused-ring (bicyclic) bond motifs is 10. The van der Waals surface area contributed by atoms with Crippen LogP contribution in [0.4, 0.5) is 17.1 Å². The first-order chi connectivity index (χ1) is 23.3. The van der Waals surface area contributed by atoms with Gasteiger partial charge in [-0.1, -0.05) is 103 Å². The Bertz CT molecular complexity index is 2810. The molecular formula is C44H27NO2. The first kappa shape index (κ1) is 26.0. The molecule has 0 fully saturated rings. The van der Waals surface area contributed by atoms with Gasteiger partial charge < -0.3 is 13.7 Å². The van der Waals surface area contributed by atoms with Crippen molar-refractivity contribution in [2.75, 3.05) is 4.90 Å². The van der Waals surface area contributed by atoms with Gasteiger partial charge in [-0.15, -0.1) is 0 Å². The predicted molar refractivity (Wildman–Crippen MR) is 196 cm³/mol. The van der Waals surface area contributed by atoms with E-state index in [-0.39, 0.29) is 0 Å². The van der Waals surface area contributed by atoms with Gasteiger partial charge in [-0.05, 0) is 77.2 Å². The number of nitrogens with zero attached hydrogens (tertiary/aromatic N) is 1. The second-order valence-corrected chi connectivity index (χ2v) is 12.1. The molecule has 0 aliphatic rings. The van der Waals surface area contributed by atoms with Gasteiger partial charge in [0.05, 0.1) is 5.69 Å². The molecule has 2 heterocycles. The van der Waals surface area contributed by atoms with E-state index < -0.39 is 0 Å². The molecule has 0 saturated carbocycles. The highest BCUT2D eigenvalue weighted by Gasteiger charge is 2.19. The molecule has 3 nitrogen and oxygen atoms in total. The number of para-hydroxylation sites is 2. The van der Waals surface area contributed by atoms with Crippen LogP contribution in [-0.4, -0.2) is 0 Å². The van der Waals surface area contributed by atoms with Crippen LogP contribution in [0.5, 0.6) is 0 Å². The zero-order chi connectivity index (χ0) is 30.9. The van der Waals surface area contributed by atoms with Gasteiger partial charge in [-0.3, -0.25) is 0 Å². The van der Waals surface area contributed by atoms with E-state index in [1.807, 2.05) is 12.1 Å². The molecule has 3 heteroatoms. The summed E-state index contributed by atoms with van der Waals surface area (Å²) in [7, 11) is 0. The molecule has 2 aromatic heterocycles. The minimum atomic E-state index is 0.892. The predicted octanol–water partition coefficient (Wildman–Crippen LogP) is 12.9. The standard InChI is InChI=1S/C44H27NO2/c1-2-12-31(13-3-1)45(40-18-9-17-37-34(40)24-25-39-35-16-6-7-19-41(35)46-44(37)39)32-14-8-11-29(26-32)30-21-22-36-38-23-20-28-10-4-5-15-33(28)43(38)47-42(36)27-30/h1-27H. The largest absolute Gasteiger partial charge is 0.455 e. The van der Waals surface area contributed by atoms with Crippen molar-refractivity contribution in [1.82, 2.24) is 0 Å². The lowest BCUT2D eigenvalue weighted by Gasteiger charge is -2.27. The van der Waals surface area contributed by atoms with Crippen molar-refractivity contribution in [3.63, 3.8) is 0 Å². The summed E-state index contributed by atoms with van der Waals surface area (Å²) in [6, 6.07) is 57.8. The molecular weight excluding hydrogens is 574 g/mol. The number of hydrogen-bond acceptors (Lipinski definition) is 3. The fourth-order valence-corrected chi connectivity index (χ4v) is 7.23. The maximum atomic E-state index is 6.53. The fraction of sp³-hybridized carbons (Fsp3) is 0. The topological polar surface area (TPSA) is 29.5 Å². The summed E-state index contributed by atoms with van der Waals surface area (Å²) in [5.41, 5.74) is 9.13. The van der Waals surface area contributed by atoms with E-state index in [2.05, 4.69) is 157 Å². The Morgan fingerprint density at radius 1 is 0.340 bits per heavy atom. The average molecular weight is 602 g/mol. The SMILES string of the molecule is c1ccc(N(c2cccc(-c3ccc4c(c3)oc3c5ccccc5ccc43)c2)c2cccc3c2ccc2c4ccccc4oc32)cc1. The molecule has 0 aliphatic carbocycles. The van der Waals surface area contributed by atoms with Gasteiger partial charge in [-0.2, -0.15) is 0 Å². The summed E-state index contributed by atoms with van der Waals surface area (Å²) >= 11 is 0. The molecule has 0 bridgehead atoms. The monoisotopic (exact) mass is 601 g/mol. The minimum absolute atomic E-state index is 0.892. The Labute approximate surface area is 270 Å². The second-order valence-electron chi connectivity index (χ2n) is 12.1. The van der Waals surface area contributed by atoms with Crippen LogP contribution in [0.15, 0.2) is 173 Å². The normalized spacial score (nSPS) is 11.8. The Morgan fingerprint density at radius 2 is 0.936 bits per heavy atom. The Morgan fingerprint density at radius 3 is 1.85 bits per heavy atom. The smallest absolute Gasteiger partial charge is 0.143 e. The third kappa shape index (κ3) is 4.00. The Hall–Kier alpha value is -6.32. The molecule has 0 saturated heterocycles. The van der Waals surface area contributed by atoms with Gasteiger partial charge in [0.1, 0.15) is 22.3 Å². The van der Waals surface area contributed by atoms with E-state index in [0.717, 1.165) is 88.2 Å². The number of hydrogen-bond donors (Lipinski definition) is 0. The zero-order valence-corrected chi connectivity index (χ0v) is 25.4. The molecule has 8 aromatic carbocycles. The molecule has 220 valence electrons. The fourth-order valence-electron chi connectivity index (χ4n) is 7.23. The quantitative estimate of drug-likeness (QED) is 0.201. The highest BCUT2D eigenvalue weighted by atomic mass is 16.3. The van der Waals surface area contributed by atoms with Gasteiger partial charge in [0.25, 0.3) is 0 Å². The molecule has 0 atom stereocenters. The van der Waals surface area contributed by atoms with Gasteiger partial charge in [0, 0.05) is 49.1 Å². The van der Waals surface area contributed by atoms with Crippen molar-refractivity contribution < 1.29 is 8.83 Å². The van der Waals surface area contributed by atoms with Crippen LogP contribution in [0.1, 0.15) is 0 Å². The van der Waals surface area contributed by atoms with Gasteiger partial charge in [-0.25, -0.2) is 0 Å². The van der Waals surface area contributed by atoms with Crippen molar-refractivity contribution in [2.45, 2.75) is 0 Å². The number of benzene rings is 8. The van der Waals surface area contributed by atoms with E-state index in [4.69, 9.17) is 8.83 Å². The van der Waals surface area contributed by atoms with Gasteiger partial charge in [0.2, 0.25) is 0 Å². The van der Waals surface area contributed by atoms with E-state index in [1.54, 1.807) is 0 Å². The summed E-state index contributed by atoms with van der Waals surface area (Å²) in [6.45, 7) is 0. The van der Waals surface area contributed by atoms with Crippen LogP contribution in [0, 0.1) is 0 Å². The lowest BCUT2D eigenvalue weighted by atomic mass is 10.0. The summed E-state index contributed by atoms with van der Waals surface area (Å²) in [5, 5.41) is 9.08. The molecule has 47 heavy (non-hydrogen) atoms. The van der Waals surface area contributed by atoms with Crippen LogP contribution >= 0.6 is 0 Å². The Kier molecular flexibility index (Phi) is 5.57. The van der Waals surface area contributed by atoms with Crippen molar-refractivity contribution in [1.29, 1.82) is 0 Å². The molecule has 0 unspecified atom stereocenters. The highest BCUT2D eigenvalue weighted by molar-refractivity contribution is 6.18. The van der Waals surface area contributed by atoms with Crippen molar-refractivity contribution in [3.8, 4) is 11.1 Å². The summed E-state index contributed by atoms with van der Waals surface area (Å²) in [5.74, 6) is 0. The zero-order valence-electron chi connectivity index (χ0n) is 25.4. The first-order valence-electron chi connectivity index (χ1n) is 15.9. The molecule has 0 amide bonds. The van der Waals surface area contributed by atoms with E-state index in [0.29, 0.717) is 0 Å². The highest BCUT2D eigenvalue weighted by Crippen LogP contribution is 2.43. The van der Waals surface area contributed by atoms with Gasteiger partial charge >= 0.3 is 0 Å². The summed E-state index contributed by atoms with van der Waals surface area (Å²) in [6.07, 6.45) is 0. The minimum Gasteiger partial charge on any atom is -0.455 e. The second kappa shape index (κ2) is 10.1. The van der Waals surface area contributed by atoms with Crippen molar-refractivity contribution in [2.24, 2.45) is 0 Å². The first-order valence-corrected chi connectivity index (χ1v) is 15.9. The van der Waals surface area contributed by atoms with Crippen LogP contribution < -0.4 is 4.90 Å². The summed E-state index contributed by atoms with van der Waals surface area (Å²) in [4.78, 5) is 2.34. The van der Waals surface area contributed by atoms with Crippen LogP contribution in [0.3, 0.4) is 0 Å². The van der Waals surface area contributed by atoms with Crippen molar-refractivity contribution >= 4 is 82.5 Å². The number of rotatable bonds is 4. The number of anilines is 3. The van der Waals surface area contributed by atoms with Crippen molar-refractivity contribution in [3.05, 3.63) is 164 Å². The third-order valence-corrected chi connectivity index (χ3v) is 9.43. The van der Waals surface area contributed by atoms with E-state index in [9.17, 15) is 0 Å². The van der Waals surface area contributed by atoms with E-state index >= 15 is 0 Å². The van der Waals surface area contributed by atoms with Crippen LogP contribution in [0.25, 0.3) is 76.5 Å². The molecule has 10 aromatic rings. The third-order valence-electron chi connectivity index (χ3n) is 9.43. The molecule has 0 radical (unpaired) electrons. The molecule has 0 aliphatic heterocycles. The maximum absolute atomic E-state index is 6.53. The molecule has 0 N–H and O–H groups in total. The molecule has 10 rings (SSSR count). The number of furan rings is 2. The lowest BCUT2D eigenvalue weighted by Crippen LogP contribution is -2.10.